The summed E-state index contributed by atoms with van der Waals surface area (Å²) in [6, 6.07) is 3.85. The molecule has 6 rings (SSSR count). The number of hydrogen-bond donors (Lipinski definition) is 3. The molecule has 0 bridgehead atoms. The molecule has 3 saturated heterocycles. The second-order valence-electron chi connectivity index (χ2n) is 19.1. The summed E-state index contributed by atoms with van der Waals surface area (Å²) in [4.78, 5) is 76.7. The lowest BCUT2D eigenvalue weighted by Gasteiger charge is -2.48. The lowest BCUT2D eigenvalue weighted by Crippen LogP contribution is -2.62. The van der Waals surface area contributed by atoms with E-state index in [0.717, 1.165) is 0 Å². The number of rotatable bonds is 15. The molecular weight excluding hydrogens is 879 g/mol. The number of nitrogens with zero attached hydrogens (tertiary/aromatic N) is 7. The minimum absolute atomic E-state index is 0.0725. The number of amides is 1. The molecule has 1 amide bonds. The van der Waals surface area contributed by atoms with E-state index >= 15 is 4.79 Å². The van der Waals surface area contributed by atoms with Crippen molar-refractivity contribution in [1.29, 1.82) is 0 Å². The van der Waals surface area contributed by atoms with Crippen LogP contribution in [0.1, 0.15) is 86.8 Å². The van der Waals surface area contributed by atoms with Crippen molar-refractivity contribution in [2.24, 2.45) is 23.7 Å². The quantitative estimate of drug-likeness (QED) is 0.0842. The highest BCUT2D eigenvalue weighted by Crippen LogP contribution is 2.43. The molecule has 0 aliphatic carbocycles. The number of methoxy groups -OCH3 is 1. The number of aliphatic hydroxyl groups is 1. The van der Waals surface area contributed by atoms with Crippen LogP contribution in [-0.2, 0) is 55.8 Å². The zero-order valence-electron chi connectivity index (χ0n) is 41.1. The Morgan fingerprint density at radius 3 is 2.53 bits per heavy atom. The van der Waals surface area contributed by atoms with Crippen molar-refractivity contribution in [2.75, 3.05) is 33.0 Å². The fraction of sp³-hybridized carbons (Fsp3) is 0.667. The number of likely N-dealkylation sites (N-methyl/N-ethyl adjacent to an activating group) is 1. The number of fused-ring (bicyclic) bond motifs is 2. The van der Waals surface area contributed by atoms with Gasteiger partial charge in [0.05, 0.1) is 42.2 Å². The van der Waals surface area contributed by atoms with Gasteiger partial charge in [0, 0.05) is 56.7 Å². The number of nitrogen functional groups attached to an aromatic ring is 1. The maximum Gasteiger partial charge on any atom is 0.425 e. The summed E-state index contributed by atoms with van der Waals surface area (Å²) in [5, 5.41) is 13.3. The largest absolute Gasteiger partial charge is 0.461 e. The zero-order chi connectivity index (χ0) is 49.7. The standard InChI is InChI=1S/C48H71N9O11/c1-12-20-55(10)33-22-28(4)64-45(38(33)60)67-41-30(6)39(66-35(58)23-32-17-14-15-18-50-32)31(7)44(61)65-34(13-2)48(9)40(29(5)37(59)27(3)24-47(41,8)63-11)57(46(62)68-48)54-19-16-21-56-26-53-36-42(49)51-25-52-43(36)56/h12,14-15,17-18,25-31,33-34,38-41,45,54,60H,1,13,16,19-24H2,2-11H3,(H2,49,51,52)/t27-,28+,29+,30+,31-,33-,34-,38+,39+,40-,41-,45-,47-,48-/m1/s1. The Balaban J connectivity index is 1.37. The van der Waals surface area contributed by atoms with Crippen LogP contribution in [0.5, 0.6) is 0 Å². The van der Waals surface area contributed by atoms with Crippen molar-refractivity contribution in [2.45, 2.75) is 154 Å². The third kappa shape index (κ3) is 11.0. The molecule has 3 aliphatic rings. The van der Waals surface area contributed by atoms with Gasteiger partial charge in [-0.15, -0.1) is 6.58 Å². The molecule has 6 heterocycles. The van der Waals surface area contributed by atoms with E-state index < -0.39 is 89.7 Å². The van der Waals surface area contributed by atoms with Gasteiger partial charge in [0.25, 0.3) is 0 Å². The molecule has 3 aliphatic heterocycles. The van der Waals surface area contributed by atoms with E-state index in [1.54, 1.807) is 85.3 Å². The molecule has 4 N–H and O–H groups in total. The Morgan fingerprint density at radius 2 is 1.85 bits per heavy atom. The smallest absolute Gasteiger partial charge is 0.425 e. The van der Waals surface area contributed by atoms with Crippen LogP contribution in [0.3, 0.4) is 0 Å². The van der Waals surface area contributed by atoms with Crippen molar-refractivity contribution in [3.8, 4) is 0 Å². The van der Waals surface area contributed by atoms with Crippen LogP contribution in [0, 0.1) is 23.7 Å². The normalized spacial score (nSPS) is 34.0. The van der Waals surface area contributed by atoms with E-state index in [-0.39, 0.29) is 49.6 Å². The highest BCUT2D eigenvalue weighted by molar-refractivity contribution is 5.85. The van der Waals surface area contributed by atoms with E-state index in [2.05, 4.69) is 31.9 Å². The number of ether oxygens (including phenoxy) is 6. The fourth-order valence-electron chi connectivity index (χ4n) is 10.5. The fourth-order valence-corrected chi connectivity index (χ4v) is 10.5. The Kier molecular flexibility index (Phi) is 17.0. The number of ketones is 1. The van der Waals surface area contributed by atoms with E-state index in [1.165, 1.54) is 18.4 Å². The van der Waals surface area contributed by atoms with Gasteiger partial charge in [-0.05, 0) is 72.6 Å². The van der Waals surface area contributed by atoms with Crippen molar-refractivity contribution < 1.29 is 52.7 Å². The molecule has 14 atom stereocenters. The van der Waals surface area contributed by atoms with Crippen LogP contribution in [0.15, 0.2) is 49.7 Å². The number of nitrogens with one attached hydrogen (secondary N) is 1. The topological polar surface area (TPSA) is 245 Å². The monoisotopic (exact) mass is 950 g/mol. The van der Waals surface area contributed by atoms with Crippen molar-refractivity contribution in [3.05, 3.63) is 55.4 Å². The van der Waals surface area contributed by atoms with Gasteiger partial charge in [0.15, 0.2) is 23.4 Å². The van der Waals surface area contributed by atoms with Crippen LogP contribution in [0.2, 0.25) is 0 Å². The van der Waals surface area contributed by atoms with Crippen LogP contribution in [-0.4, -0.2) is 151 Å². The molecule has 0 unspecified atom stereocenters. The Hall–Kier alpha value is -5.12. The van der Waals surface area contributed by atoms with Gasteiger partial charge >= 0.3 is 18.0 Å². The van der Waals surface area contributed by atoms with Crippen molar-refractivity contribution in [3.63, 3.8) is 0 Å². The molecular formula is C48H71N9O11. The highest BCUT2D eigenvalue weighted by Gasteiger charge is 2.61. The Morgan fingerprint density at radius 1 is 1.10 bits per heavy atom. The first-order chi connectivity index (χ1) is 32.3. The summed E-state index contributed by atoms with van der Waals surface area (Å²) < 4.78 is 40.4. The van der Waals surface area contributed by atoms with Crippen LogP contribution in [0.25, 0.3) is 11.2 Å². The number of aromatic nitrogens is 5. The summed E-state index contributed by atoms with van der Waals surface area (Å²) in [7, 11) is 3.39. The molecule has 3 fully saturated rings. The number of hydrazine groups is 1. The SMILES string of the molecule is C=CCN(C)[C@@H]1C[C@H](C)O[C@H](O[C@@H]2[C@@H](C)[C@H](OC(=O)Cc3ccccn3)[C@@H](C)C(=O)O[C@H](CC)[C@@]3(C)OC(=O)N(NCCCn4cnc5c(N)ncnc54)[C@@H]3[C@@H](C)C(=O)[C@H](C)C[C@@]2(C)OC)[C@H]1O. The first-order valence-electron chi connectivity index (χ1n) is 23.6. The number of aliphatic hydroxyl groups excluding tert-OH is 1. The average molecular weight is 950 g/mol. The number of hydrogen-bond acceptors (Lipinski definition) is 18. The van der Waals surface area contributed by atoms with Crippen molar-refractivity contribution >= 4 is 40.8 Å². The molecule has 374 valence electrons. The number of esters is 2. The lowest BCUT2D eigenvalue weighted by molar-refractivity contribution is -0.302. The number of imidazole rings is 1. The summed E-state index contributed by atoms with van der Waals surface area (Å²) in [5.74, 6) is -4.94. The third-order valence-corrected chi connectivity index (χ3v) is 14.2. The number of aryl methyl sites for hydroxylation is 1. The van der Waals surface area contributed by atoms with Gasteiger partial charge in [-0.1, -0.05) is 39.8 Å². The number of nitrogens with two attached hydrogens (primary N) is 1. The lowest BCUT2D eigenvalue weighted by atomic mass is 9.73. The number of carbonyl (C=O) groups is 4. The number of Topliss-reactive ketones (excluding diaryl/α,β-unsaturated/α-hetero) is 1. The molecule has 0 radical (unpaired) electrons. The molecule has 0 aromatic carbocycles. The van der Waals surface area contributed by atoms with Crippen LogP contribution >= 0.6 is 0 Å². The first kappa shape index (κ1) is 52.3. The highest BCUT2D eigenvalue weighted by atomic mass is 16.7. The average Bonchev–Trinajstić information content (AvgIpc) is 3.85. The molecule has 68 heavy (non-hydrogen) atoms. The Labute approximate surface area is 398 Å². The van der Waals surface area contributed by atoms with Gasteiger partial charge in [-0.25, -0.2) is 30.2 Å². The molecule has 3 aromatic heterocycles. The van der Waals surface area contributed by atoms with Gasteiger partial charge < -0.3 is 43.8 Å². The number of cyclic esters (lactones) is 1. The van der Waals surface area contributed by atoms with E-state index in [9.17, 15) is 19.5 Å². The second-order valence-corrected chi connectivity index (χ2v) is 19.1. The van der Waals surface area contributed by atoms with Gasteiger partial charge in [0.1, 0.15) is 42.0 Å². The minimum atomic E-state index is -1.53. The maximum absolute atomic E-state index is 15.0. The molecule has 0 spiro atoms. The molecule has 20 heteroatoms. The molecule has 3 aromatic rings. The second kappa shape index (κ2) is 22.1. The van der Waals surface area contributed by atoms with E-state index in [0.29, 0.717) is 42.8 Å². The number of pyridine rings is 1. The van der Waals surface area contributed by atoms with Gasteiger partial charge in [-0.3, -0.25) is 24.3 Å². The predicted molar refractivity (Wildman–Crippen MR) is 249 cm³/mol. The van der Waals surface area contributed by atoms with Gasteiger partial charge in [0.2, 0.25) is 0 Å². The van der Waals surface area contributed by atoms with Crippen LogP contribution < -0.4 is 11.2 Å². The summed E-state index contributed by atoms with van der Waals surface area (Å²) >= 11 is 0. The molecule has 20 nitrogen and oxygen atoms in total. The van der Waals surface area contributed by atoms with Crippen LogP contribution in [0.4, 0.5) is 10.6 Å². The van der Waals surface area contributed by atoms with E-state index in [1.807, 2.05) is 23.4 Å². The summed E-state index contributed by atoms with van der Waals surface area (Å²) in [6.07, 6.45) is 0.645. The number of anilines is 1. The number of carbonyl (C=O) groups excluding carboxylic acids is 4. The third-order valence-electron chi connectivity index (χ3n) is 14.2. The summed E-state index contributed by atoms with van der Waals surface area (Å²) in [5.41, 5.74) is 7.86. The zero-order valence-corrected chi connectivity index (χ0v) is 41.1. The molecule has 0 saturated carbocycles. The van der Waals surface area contributed by atoms with Crippen molar-refractivity contribution in [1.82, 2.24) is 39.8 Å². The van der Waals surface area contributed by atoms with Gasteiger partial charge in [-0.2, -0.15) is 0 Å². The predicted octanol–water partition coefficient (Wildman–Crippen LogP) is 4.04. The summed E-state index contributed by atoms with van der Waals surface area (Å²) in [6.45, 7) is 19.2. The first-order valence-corrected chi connectivity index (χ1v) is 23.6. The maximum atomic E-state index is 15.0. The minimum Gasteiger partial charge on any atom is -0.461 e. The Bertz CT molecular complexity index is 2230. The van der Waals surface area contributed by atoms with E-state index in [4.69, 9.17) is 34.2 Å².